The third kappa shape index (κ3) is 110. The molecule has 0 N–H and O–H groups in total. The van der Waals surface area contributed by atoms with E-state index in [-0.39, 0.29) is 0 Å². The molecule has 14 rings (SSSR count). The summed E-state index contributed by atoms with van der Waals surface area (Å²) in [5.41, 5.74) is 5.83. The van der Waals surface area contributed by atoms with Crippen LogP contribution < -0.4 is 0 Å². The average Bonchev–Trinajstić information content (AvgIpc) is 1.77. The second-order valence-electron chi connectivity index (χ2n) is 23.8. The predicted octanol–water partition coefficient (Wildman–Crippen LogP) is 34.0. The molecule has 0 amide bonds. The third-order valence-electron chi connectivity index (χ3n) is 14.6. The summed E-state index contributed by atoms with van der Waals surface area (Å²) in [6, 6.07) is 35.5. The van der Waals surface area contributed by atoms with Crippen LogP contribution in [0.4, 0.5) is 0 Å². The second kappa shape index (κ2) is 118. The van der Waals surface area contributed by atoms with E-state index < -0.39 is 0 Å². The van der Waals surface area contributed by atoms with E-state index in [0.29, 0.717) is 0 Å². The Balaban J connectivity index is -0.0000000927. The van der Waals surface area contributed by atoms with Gasteiger partial charge in [-0.1, -0.05) is 470 Å². The van der Waals surface area contributed by atoms with Crippen LogP contribution in [-0.2, 0) is 6.42 Å². The van der Waals surface area contributed by atoms with Crippen LogP contribution >= 0.6 is 0 Å². The molecule has 0 aliphatic heterocycles. The molecule has 0 radical (unpaired) electrons. The topological polar surface area (TPSA) is 116 Å². The van der Waals surface area contributed by atoms with E-state index in [0.717, 1.165) is 65.1 Å². The zero-order valence-corrected chi connectivity index (χ0v) is 80.5. The Kier molecular flexibility index (Phi) is 139. The van der Waals surface area contributed by atoms with Crippen LogP contribution in [-0.4, -0.2) is 45.3 Å². The van der Waals surface area contributed by atoms with Gasteiger partial charge in [-0.2, -0.15) is 10.2 Å². The van der Waals surface area contributed by atoms with Crippen molar-refractivity contribution in [2.24, 2.45) is 41.4 Å². The van der Waals surface area contributed by atoms with Gasteiger partial charge in [-0.15, -0.1) is 10.2 Å². The van der Waals surface area contributed by atoms with E-state index in [9.17, 15) is 0 Å². The van der Waals surface area contributed by atoms with E-state index in [1.165, 1.54) is 162 Å². The Morgan fingerprint density at radius 2 is 0.700 bits per heavy atom. The quantitative estimate of drug-likeness (QED) is 0.148. The van der Waals surface area contributed by atoms with Crippen molar-refractivity contribution < 1.29 is 0 Å². The van der Waals surface area contributed by atoms with E-state index in [2.05, 4.69) is 230 Å². The summed E-state index contributed by atoms with van der Waals surface area (Å²) in [5.74, 6) is 7.64. The molecule has 3 aromatic heterocycles. The lowest BCUT2D eigenvalue weighted by molar-refractivity contribution is 0.346. The van der Waals surface area contributed by atoms with E-state index >= 15 is 0 Å². The van der Waals surface area contributed by atoms with Gasteiger partial charge in [0.1, 0.15) is 31.1 Å². The Morgan fingerprint density at radius 1 is 0.318 bits per heavy atom. The fourth-order valence-corrected chi connectivity index (χ4v) is 8.03. The van der Waals surface area contributed by atoms with Gasteiger partial charge in [0, 0.05) is 0 Å². The summed E-state index contributed by atoms with van der Waals surface area (Å²) in [7, 11) is 0. The minimum absolute atomic E-state index is 0.759. The Bertz CT molecular complexity index is 2480. The van der Waals surface area contributed by atoms with Crippen molar-refractivity contribution in [1.82, 2.24) is 45.3 Å². The molecule has 9 nitrogen and oxygen atoms in total. The number of hydrogen-bond acceptors (Lipinski definition) is 9. The van der Waals surface area contributed by atoms with Gasteiger partial charge in [0.05, 0.1) is 23.8 Å². The van der Waals surface area contributed by atoms with Crippen LogP contribution in [0.2, 0.25) is 0 Å². The molecule has 7 aliphatic rings. The molecule has 110 heavy (non-hydrogen) atoms. The standard InChI is InChI=1S/C11H10.C8H10.C7H14.C7H8.C6H12.C6H10.C5H10.C5H8.3C4H5N3.C4H8.C4H6.13C2H6/c1-9-5-4-7-10-6-2-3-8-11(9)10;1-2-8-6-4-3-5-7-8;2*1-7-5-3-2-4-6-7;2*1-6-4-2-3-5-6;2*1-5-3-2-4-5;1-4-6-2-5-3-7-4;1-4-2-6-7-3-5-4;1-4-2-5-3-6-7-4;2*1-4-2-3-4;13*1-2/h2-8H,1H3;3-7H,2H2,1H3;7H,2-6H2,1H3;2-6H,1H3;6H,2-5H2,1H3;2-3,6H,4-5H2,1H3;5H,2-4H2,1H3;2-3,5H,4H2,1H3;3*2-3H,1H3;4H,2-3H2,1H3;2-4H,1H3;13*1-2H3. The van der Waals surface area contributed by atoms with Crippen LogP contribution in [0.3, 0.4) is 0 Å². The van der Waals surface area contributed by atoms with Gasteiger partial charge in [0.15, 0.2) is 0 Å². The molecule has 7 aromatic rings. The summed E-state index contributed by atoms with van der Waals surface area (Å²) < 4.78 is 0. The lowest BCUT2D eigenvalue weighted by Gasteiger charge is -2.18. The monoisotopic (exact) mass is 1530 g/mol. The molecule has 0 bridgehead atoms. The Labute approximate surface area is 690 Å². The second-order valence-corrected chi connectivity index (χ2v) is 23.8. The maximum absolute atomic E-state index is 3.81. The van der Waals surface area contributed by atoms with Crippen molar-refractivity contribution in [2.75, 3.05) is 0 Å². The molecule has 1 atom stereocenters. The smallest absolute Gasteiger partial charge is 0.138 e. The summed E-state index contributed by atoms with van der Waals surface area (Å²) >= 11 is 0. The molecule has 0 spiro atoms. The van der Waals surface area contributed by atoms with Crippen molar-refractivity contribution in [2.45, 2.75) is 386 Å². The lowest BCUT2D eigenvalue weighted by atomic mass is 9.88. The van der Waals surface area contributed by atoms with Crippen LogP contribution in [0, 0.1) is 76.0 Å². The van der Waals surface area contributed by atoms with Crippen LogP contribution in [0.1, 0.15) is 378 Å². The van der Waals surface area contributed by atoms with E-state index in [1.807, 2.05) is 225 Å². The normalized spacial score (nSPS) is 13.3. The minimum atomic E-state index is 0.759. The molecule has 3 heterocycles. The molecule has 4 aromatic carbocycles. The van der Waals surface area contributed by atoms with E-state index in [4.69, 9.17) is 0 Å². The number of benzene rings is 4. The number of fused-ring (bicyclic) bond motifs is 1. The highest BCUT2D eigenvalue weighted by atomic mass is 15.1. The number of allylic oxidation sites excluding steroid dienone is 6. The molecule has 4 fully saturated rings. The van der Waals surface area contributed by atoms with E-state index in [1.54, 1.807) is 12.4 Å². The SMILES string of the molecule is CC.CC.CC.CC.CC.CC.CC.CC.CC.CC.CC.CC.CC.CC1C=C1.CC1C=CC1.CC1CC1.CC1CC=CC1.CC1CCC1.CC1CCCC1.CC1CCCCC1.CCc1ccccc1.Cc1cccc2ccccc12.Cc1ccccc1.Cc1cncnn1.Cc1cnncn1.Cc1ncncn1. The Hall–Kier alpha value is -6.61. The van der Waals surface area contributed by atoms with Crippen molar-refractivity contribution >= 4 is 10.8 Å². The van der Waals surface area contributed by atoms with Crippen LogP contribution in [0.15, 0.2) is 177 Å². The fraction of sp³-hybridized carbons (Fsp3) is 0.634. The summed E-state index contributed by atoms with van der Waals surface area (Å²) in [6.07, 6.45) is 48.2. The molecule has 9 heteroatoms. The van der Waals surface area contributed by atoms with Gasteiger partial charge in [0.25, 0.3) is 0 Å². The first-order valence-electron chi connectivity index (χ1n) is 44.9. The molecular weight excluding hydrogens is 1340 g/mol. The zero-order chi connectivity index (χ0) is 87.3. The Morgan fingerprint density at radius 3 is 0.900 bits per heavy atom. The van der Waals surface area contributed by atoms with Gasteiger partial charge in [0.2, 0.25) is 0 Å². The van der Waals surface area contributed by atoms with Crippen molar-refractivity contribution in [1.29, 1.82) is 0 Å². The summed E-state index contributed by atoms with van der Waals surface area (Å²) in [4.78, 5) is 18.7. The summed E-state index contributed by atoms with van der Waals surface area (Å²) in [6.45, 7) is 79.9. The highest BCUT2D eigenvalue weighted by Gasteiger charge is 2.13. The van der Waals surface area contributed by atoms with Gasteiger partial charge in [-0.25, -0.2) is 24.9 Å². The first kappa shape index (κ1) is 130. The van der Waals surface area contributed by atoms with Gasteiger partial charge >= 0.3 is 0 Å². The van der Waals surface area contributed by atoms with Gasteiger partial charge in [-0.05, 0) is 124 Å². The summed E-state index contributed by atoms with van der Waals surface area (Å²) in [5, 5.41) is 16.9. The number of aromatic nitrogens is 9. The molecule has 0 saturated heterocycles. The highest BCUT2D eigenvalue weighted by Crippen LogP contribution is 2.27. The van der Waals surface area contributed by atoms with Crippen LogP contribution in [0.5, 0.6) is 0 Å². The predicted molar refractivity (Wildman–Crippen MR) is 507 cm³/mol. The van der Waals surface area contributed by atoms with Crippen molar-refractivity contribution in [3.63, 3.8) is 0 Å². The van der Waals surface area contributed by atoms with Crippen molar-refractivity contribution in [3.8, 4) is 0 Å². The lowest BCUT2D eigenvalue weighted by Crippen LogP contribution is -2.04. The third-order valence-corrected chi connectivity index (χ3v) is 14.6. The van der Waals surface area contributed by atoms with Gasteiger partial charge in [-0.3, -0.25) is 0 Å². The maximum Gasteiger partial charge on any atom is 0.138 e. The maximum atomic E-state index is 3.81. The van der Waals surface area contributed by atoms with Crippen LogP contribution in [0.25, 0.3) is 10.8 Å². The number of aryl methyl sites for hydroxylation is 6. The van der Waals surface area contributed by atoms with Gasteiger partial charge < -0.3 is 0 Å². The molecule has 7 aliphatic carbocycles. The number of rotatable bonds is 1. The first-order valence-corrected chi connectivity index (χ1v) is 44.9. The molecule has 638 valence electrons. The fourth-order valence-electron chi connectivity index (χ4n) is 8.03. The first-order chi connectivity index (χ1) is 53.6. The highest BCUT2D eigenvalue weighted by molar-refractivity contribution is 5.85. The molecule has 4 saturated carbocycles. The minimum Gasteiger partial charge on any atom is -0.241 e. The molecule has 1 unspecified atom stereocenters. The number of nitrogens with zero attached hydrogens (tertiary/aromatic N) is 9. The molecular formula is C101H189N9. The zero-order valence-electron chi connectivity index (χ0n) is 80.5. The largest absolute Gasteiger partial charge is 0.241 e. The number of hydrogen-bond donors (Lipinski definition) is 0. The average molecular weight is 1530 g/mol. The van der Waals surface area contributed by atoms with Crippen molar-refractivity contribution in [3.05, 3.63) is 211 Å².